The van der Waals surface area contributed by atoms with Crippen molar-refractivity contribution in [2.75, 3.05) is 31.7 Å². The Balaban J connectivity index is 1.70. The van der Waals surface area contributed by atoms with Gasteiger partial charge in [0.15, 0.2) is 11.5 Å². The Labute approximate surface area is 184 Å². The number of ether oxygens (including phenoxy) is 2. The third-order valence-electron chi connectivity index (χ3n) is 5.29. The van der Waals surface area contributed by atoms with Gasteiger partial charge in [-0.25, -0.2) is 0 Å². The van der Waals surface area contributed by atoms with Gasteiger partial charge in [0.05, 0.1) is 43.4 Å². The molecule has 154 valence electrons. The minimum atomic E-state index is -0.367. The van der Waals surface area contributed by atoms with Crippen molar-refractivity contribution < 1.29 is 14.3 Å². The van der Waals surface area contributed by atoms with Gasteiger partial charge in [0, 0.05) is 28.6 Å². The first kappa shape index (κ1) is 20.5. The molecule has 2 aliphatic heterocycles. The topological polar surface area (TPSA) is 65.8 Å². The lowest BCUT2D eigenvalue weighted by atomic mass is 9.85. The fraction of sp³-hybridized carbons (Fsp3) is 0.273. The van der Waals surface area contributed by atoms with E-state index in [4.69, 9.17) is 21.1 Å². The van der Waals surface area contributed by atoms with Crippen LogP contribution in [0, 0.1) is 11.3 Å². The number of fused-ring (bicyclic) bond motifs is 1. The fourth-order valence-corrected chi connectivity index (χ4v) is 5.12. The average molecular weight is 442 g/mol. The number of nitrogens with zero attached hydrogens (tertiary/aromatic N) is 3. The first-order chi connectivity index (χ1) is 14.6. The summed E-state index contributed by atoms with van der Waals surface area (Å²) in [5.41, 5.74) is 2.35. The minimum Gasteiger partial charge on any atom is -0.493 e. The van der Waals surface area contributed by atoms with E-state index in [1.54, 1.807) is 25.2 Å². The van der Waals surface area contributed by atoms with Crippen molar-refractivity contribution in [2.24, 2.45) is 0 Å². The molecule has 2 aromatic carbocycles. The molecule has 0 saturated carbocycles. The highest BCUT2D eigenvalue weighted by Crippen LogP contribution is 2.47. The van der Waals surface area contributed by atoms with Crippen LogP contribution in [-0.4, -0.2) is 37.6 Å². The van der Waals surface area contributed by atoms with Crippen molar-refractivity contribution in [2.45, 2.75) is 12.3 Å². The molecule has 2 aliphatic rings. The van der Waals surface area contributed by atoms with E-state index < -0.39 is 0 Å². The van der Waals surface area contributed by atoms with Gasteiger partial charge in [0.25, 0.3) is 0 Å². The first-order valence-electron chi connectivity index (χ1n) is 9.36. The average Bonchev–Trinajstić information content (AvgIpc) is 2.78. The van der Waals surface area contributed by atoms with Gasteiger partial charge in [-0.2, -0.15) is 5.26 Å². The van der Waals surface area contributed by atoms with Crippen LogP contribution in [-0.2, 0) is 4.79 Å². The second kappa shape index (κ2) is 8.50. The molecule has 0 radical (unpaired) electrons. The number of benzene rings is 2. The summed E-state index contributed by atoms with van der Waals surface area (Å²) in [6, 6.07) is 15.4. The number of methoxy groups -OCH3 is 2. The molecule has 8 heteroatoms. The number of para-hydroxylation sites is 1. The number of allylic oxidation sites excluding steroid dienone is 1. The van der Waals surface area contributed by atoms with Crippen LogP contribution in [0.15, 0.2) is 53.1 Å². The van der Waals surface area contributed by atoms with Gasteiger partial charge in [-0.05, 0) is 30.3 Å². The van der Waals surface area contributed by atoms with Crippen molar-refractivity contribution in [1.29, 1.82) is 5.26 Å². The van der Waals surface area contributed by atoms with Gasteiger partial charge in [0.1, 0.15) is 0 Å². The minimum absolute atomic E-state index is 0.0231. The third kappa shape index (κ3) is 3.57. The number of hydrogen-bond donors (Lipinski definition) is 0. The predicted molar refractivity (Wildman–Crippen MR) is 118 cm³/mol. The van der Waals surface area contributed by atoms with Crippen LogP contribution in [0.4, 0.5) is 5.69 Å². The molecule has 6 nitrogen and oxygen atoms in total. The maximum atomic E-state index is 13.1. The standard InChI is InChI=1S/C22H20ClN3O3S/c1-28-19-5-3-4-16(21(19)29-2)17-10-20(27)26-12-25(13-30-22(26)18(17)11-24)15-8-6-14(23)7-9-15/h3-9,17H,10,12-13H2,1-2H3/t17-/m0/s1. The summed E-state index contributed by atoms with van der Waals surface area (Å²) < 4.78 is 11.0. The van der Waals surface area contributed by atoms with Crippen LogP contribution in [0.25, 0.3) is 0 Å². The van der Waals surface area contributed by atoms with Crippen LogP contribution in [0.5, 0.6) is 11.5 Å². The van der Waals surface area contributed by atoms with Gasteiger partial charge in [-0.1, -0.05) is 35.5 Å². The number of thioether (sulfide) groups is 1. The van der Waals surface area contributed by atoms with Crippen LogP contribution < -0.4 is 14.4 Å². The van der Waals surface area contributed by atoms with E-state index in [1.165, 1.54) is 11.8 Å². The molecule has 4 rings (SSSR count). The van der Waals surface area contributed by atoms with Crippen LogP contribution >= 0.6 is 23.4 Å². The van der Waals surface area contributed by atoms with E-state index in [9.17, 15) is 10.1 Å². The predicted octanol–water partition coefficient (Wildman–Crippen LogP) is 4.58. The summed E-state index contributed by atoms with van der Waals surface area (Å²) in [5, 5.41) is 11.4. The largest absolute Gasteiger partial charge is 0.493 e. The number of anilines is 1. The Kier molecular flexibility index (Phi) is 5.80. The molecule has 2 aromatic rings. The SMILES string of the molecule is COc1cccc([C@@H]2CC(=O)N3CN(c4ccc(Cl)cc4)CSC3=C2C#N)c1OC. The zero-order valence-corrected chi connectivity index (χ0v) is 18.2. The number of carbonyl (C=O) groups excluding carboxylic acids is 1. The molecule has 1 saturated heterocycles. The molecule has 30 heavy (non-hydrogen) atoms. The number of amides is 1. The van der Waals surface area contributed by atoms with Crippen molar-refractivity contribution in [3.05, 3.63) is 63.7 Å². The lowest BCUT2D eigenvalue weighted by Gasteiger charge is -2.42. The lowest BCUT2D eigenvalue weighted by Crippen LogP contribution is -2.47. The van der Waals surface area contributed by atoms with Gasteiger partial charge in [-0.15, -0.1) is 0 Å². The quantitative estimate of drug-likeness (QED) is 0.692. The van der Waals surface area contributed by atoms with Crippen LogP contribution in [0.2, 0.25) is 5.02 Å². The molecule has 1 fully saturated rings. The van der Waals surface area contributed by atoms with E-state index in [0.717, 1.165) is 11.3 Å². The summed E-state index contributed by atoms with van der Waals surface area (Å²) in [6.45, 7) is 0.399. The van der Waals surface area contributed by atoms with Gasteiger partial charge >= 0.3 is 0 Å². The highest BCUT2D eigenvalue weighted by atomic mass is 35.5. The number of nitriles is 1. The summed E-state index contributed by atoms with van der Waals surface area (Å²) in [4.78, 5) is 16.9. The molecule has 0 aliphatic carbocycles. The maximum absolute atomic E-state index is 13.1. The summed E-state index contributed by atoms with van der Waals surface area (Å²) >= 11 is 7.49. The second-order valence-electron chi connectivity index (χ2n) is 6.92. The van der Waals surface area contributed by atoms with Gasteiger partial charge < -0.3 is 14.4 Å². The molecule has 1 atom stereocenters. The van der Waals surface area contributed by atoms with E-state index in [-0.39, 0.29) is 18.2 Å². The molecule has 0 aromatic heterocycles. The number of rotatable bonds is 4. The van der Waals surface area contributed by atoms with E-state index in [0.29, 0.717) is 39.7 Å². The molecule has 1 amide bonds. The molecular formula is C22H20ClN3O3S. The third-order valence-corrected chi connectivity index (χ3v) is 6.70. The number of carbonyl (C=O) groups is 1. The fourth-order valence-electron chi connectivity index (χ4n) is 3.83. The van der Waals surface area contributed by atoms with E-state index >= 15 is 0 Å². The second-order valence-corrected chi connectivity index (χ2v) is 8.29. The Bertz CT molecular complexity index is 1050. The van der Waals surface area contributed by atoms with E-state index in [1.807, 2.05) is 36.4 Å². The summed E-state index contributed by atoms with van der Waals surface area (Å²) in [6.07, 6.45) is 0.199. The summed E-state index contributed by atoms with van der Waals surface area (Å²) in [5.74, 6) is 1.38. The van der Waals surface area contributed by atoms with Crippen molar-refractivity contribution >= 4 is 35.0 Å². The Morgan fingerprint density at radius 2 is 1.93 bits per heavy atom. The molecule has 0 bridgehead atoms. The smallest absolute Gasteiger partial charge is 0.229 e. The first-order valence-corrected chi connectivity index (χ1v) is 10.7. The Hall–Kier alpha value is -2.82. The van der Waals surface area contributed by atoms with Crippen LogP contribution in [0.3, 0.4) is 0 Å². The molecule has 2 heterocycles. The molecule has 0 N–H and O–H groups in total. The Morgan fingerprint density at radius 3 is 2.60 bits per heavy atom. The van der Waals surface area contributed by atoms with E-state index in [2.05, 4.69) is 11.0 Å². The summed E-state index contributed by atoms with van der Waals surface area (Å²) in [7, 11) is 3.14. The molecular weight excluding hydrogens is 422 g/mol. The highest BCUT2D eigenvalue weighted by molar-refractivity contribution is 8.03. The monoisotopic (exact) mass is 441 g/mol. The van der Waals surface area contributed by atoms with Gasteiger partial charge in [-0.3, -0.25) is 9.69 Å². The lowest BCUT2D eigenvalue weighted by molar-refractivity contribution is -0.129. The number of hydrogen-bond acceptors (Lipinski definition) is 6. The zero-order chi connectivity index (χ0) is 21.3. The Morgan fingerprint density at radius 1 is 1.17 bits per heavy atom. The molecule has 0 spiro atoms. The normalized spacial score (nSPS) is 18.7. The van der Waals surface area contributed by atoms with Crippen molar-refractivity contribution in [3.63, 3.8) is 0 Å². The highest BCUT2D eigenvalue weighted by Gasteiger charge is 2.39. The molecule has 0 unspecified atom stereocenters. The van der Waals surface area contributed by atoms with Gasteiger partial charge in [0.2, 0.25) is 5.91 Å². The zero-order valence-electron chi connectivity index (χ0n) is 16.6. The van der Waals surface area contributed by atoms with Crippen molar-refractivity contribution in [1.82, 2.24) is 4.90 Å². The number of halogens is 1. The maximum Gasteiger partial charge on any atom is 0.229 e. The van der Waals surface area contributed by atoms with Crippen LogP contribution in [0.1, 0.15) is 17.9 Å². The van der Waals surface area contributed by atoms with Crippen molar-refractivity contribution in [3.8, 4) is 17.6 Å².